The predicted octanol–water partition coefficient (Wildman–Crippen LogP) is 2.16. The number of carboxylic acid groups (broad SMARTS) is 1. The molecule has 1 aliphatic rings. The van der Waals surface area contributed by atoms with Crippen LogP contribution < -0.4 is 4.90 Å². The molecule has 0 aromatic carbocycles. The van der Waals surface area contributed by atoms with Crippen LogP contribution in [0.25, 0.3) is 0 Å². The van der Waals surface area contributed by atoms with E-state index in [1.807, 2.05) is 6.07 Å². The molecule has 1 N–H and O–H groups in total. The largest absolute Gasteiger partial charge is 0.477 e. The summed E-state index contributed by atoms with van der Waals surface area (Å²) in [6.07, 6.45) is 4.85. The van der Waals surface area contributed by atoms with Crippen molar-refractivity contribution in [2.45, 2.75) is 25.7 Å². The molecule has 0 spiro atoms. The fraction of sp³-hybridized carbons (Fsp3) is 0.500. The first-order valence-corrected chi connectivity index (χ1v) is 5.73. The van der Waals surface area contributed by atoms with Crippen LogP contribution in [-0.2, 0) is 0 Å². The zero-order valence-corrected chi connectivity index (χ0v) is 9.22. The molecule has 0 bridgehead atoms. The number of carbonyl (C=O) groups is 1. The molecule has 0 radical (unpaired) electrons. The third-order valence-electron chi connectivity index (χ3n) is 2.88. The van der Waals surface area contributed by atoms with Gasteiger partial charge in [-0.15, -0.1) is 0 Å². The Bertz CT molecular complexity index is 371. The standard InChI is InChI=1S/C12H16N2O2/c15-12(16)10-6-5-7-11(13-10)14-8-3-1-2-4-9-14/h5-7H,1-4,8-9H2,(H,15,16). The number of hydrogen-bond donors (Lipinski definition) is 1. The second-order valence-corrected chi connectivity index (χ2v) is 4.09. The van der Waals surface area contributed by atoms with E-state index < -0.39 is 5.97 Å². The van der Waals surface area contributed by atoms with Crippen molar-refractivity contribution < 1.29 is 9.90 Å². The van der Waals surface area contributed by atoms with E-state index in [9.17, 15) is 4.79 Å². The summed E-state index contributed by atoms with van der Waals surface area (Å²) in [5, 5.41) is 8.88. The zero-order chi connectivity index (χ0) is 11.4. The maximum atomic E-state index is 10.8. The SMILES string of the molecule is O=C(O)c1cccc(N2CCCCCC2)n1. The molecular formula is C12H16N2O2. The van der Waals surface area contributed by atoms with Crippen LogP contribution in [0.3, 0.4) is 0 Å². The first-order chi connectivity index (χ1) is 7.77. The number of pyridine rings is 1. The van der Waals surface area contributed by atoms with Gasteiger partial charge in [-0.1, -0.05) is 18.9 Å². The van der Waals surface area contributed by atoms with Crippen LogP contribution in [0.15, 0.2) is 18.2 Å². The van der Waals surface area contributed by atoms with E-state index in [1.165, 1.54) is 31.7 Å². The second kappa shape index (κ2) is 4.96. The molecule has 1 aliphatic heterocycles. The average molecular weight is 220 g/mol. The highest BCUT2D eigenvalue weighted by molar-refractivity contribution is 5.85. The number of nitrogens with zero attached hydrogens (tertiary/aromatic N) is 2. The number of carboxylic acids is 1. The minimum absolute atomic E-state index is 0.127. The third-order valence-corrected chi connectivity index (χ3v) is 2.88. The summed E-state index contributed by atoms with van der Waals surface area (Å²) >= 11 is 0. The van der Waals surface area contributed by atoms with Gasteiger partial charge in [0.2, 0.25) is 0 Å². The molecular weight excluding hydrogens is 204 g/mol. The van der Waals surface area contributed by atoms with Crippen molar-refractivity contribution >= 4 is 11.8 Å². The van der Waals surface area contributed by atoms with Crippen LogP contribution in [0, 0.1) is 0 Å². The van der Waals surface area contributed by atoms with Crippen molar-refractivity contribution in [3.05, 3.63) is 23.9 Å². The smallest absolute Gasteiger partial charge is 0.354 e. The summed E-state index contributed by atoms with van der Waals surface area (Å²) in [4.78, 5) is 17.2. The van der Waals surface area contributed by atoms with Gasteiger partial charge in [-0.2, -0.15) is 0 Å². The Morgan fingerprint density at radius 3 is 2.50 bits per heavy atom. The Balaban J connectivity index is 2.18. The Kier molecular flexibility index (Phi) is 3.39. The van der Waals surface area contributed by atoms with Crippen LogP contribution in [-0.4, -0.2) is 29.1 Å². The van der Waals surface area contributed by atoms with Gasteiger partial charge in [0.05, 0.1) is 0 Å². The molecule has 86 valence electrons. The van der Waals surface area contributed by atoms with Crippen molar-refractivity contribution in [3.63, 3.8) is 0 Å². The van der Waals surface area contributed by atoms with Crippen LogP contribution in [0.2, 0.25) is 0 Å². The molecule has 4 heteroatoms. The van der Waals surface area contributed by atoms with Gasteiger partial charge in [-0.25, -0.2) is 9.78 Å². The quantitative estimate of drug-likeness (QED) is 0.829. The number of rotatable bonds is 2. The fourth-order valence-electron chi connectivity index (χ4n) is 2.02. The summed E-state index contributed by atoms with van der Waals surface area (Å²) in [5.41, 5.74) is 0.127. The number of aromatic carboxylic acids is 1. The molecule has 4 nitrogen and oxygen atoms in total. The van der Waals surface area contributed by atoms with Crippen LogP contribution in [0.5, 0.6) is 0 Å². The molecule has 0 unspecified atom stereocenters. The highest BCUT2D eigenvalue weighted by Crippen LogP contribution is 2.17. The molecule has 2 heterocycles. The third kappa shape index (κ3) is 2.51. The highest BCUT2D eigenvalue weighted by Gasteiger charge is 2.12. The average Bonchev–Trinajstić information content (AvgIpc) is 2.57. The lowest BCUT2D eigenvalue weighted by molar-refractivity contribution is 0.0690. The minimum atomic E-state index is -0.961. The van der Waals surface area contributed by atoms with Gasteiger partial charge in [0.15, 0.2) is 5.69 Å². The lowest BCUT2D eigenvalue weighted by atomic mass is 10.2. The van der Waals surface area contributed by atoms with Crippen molar-refractivity contribution in [1.29, 1.82) is 0 Å². The fourth-order valence-corrected chi connectivity index (χ4v) is 2.02. The topological polar surface area (TPSA) is 53.4 Å². The maximum Gasteiger partial charge on any atom is 0.354 e. The van der Waals surface area contributed by atoms with Gasteiger partial charge in [0, 0.05) is 13.1 Å². The predicted molar refractivity (Wildman–Crippen MR) is 61.9 cm³/mol. The molecule has 1 aromatic rings. The van der Waals surface area contributed by atoms with Gasteiger partial charge < -0.3 is 10.0 Å². The number of aromatic nitrogens is 1. The van der Waals surface area contributed by atoms with Crippen LogP contribution in [0.4, 0.5) is 5.82 Å². The summed E-state index contributed by atoms with van der Waals surface area (Å²) in [5.74, 6) is -0.168. The van der Waals surface area contributed by atoms with Gasteiger partial charge in [-0.05, 0) is 25.0 Å². The summed E-state index contributed by atoms with van der Waals surface area (Å²) in [6, 6.07) is 5.18. The summed E-state index contributed by atoms with van der Waals surface area (Å²) in [6.45, 7) is 1.96. The minimum Gasteiger partial charge on any atom is -0.477 e. The van der Waals surface area contributed by atoms with Crippen molar-refractivity contribution in [1.82, 2.24) is 4.98 Å². The molecule has 1 saturated heterocycles. The van der Waals surface area contributed by atoms with E-state index in [1.54, 1.807) is 6.07 Å². The molecule has 2 rings (SSSR count). The Labute approximate surface area is 94.9 Å². The monoisotopic (exact) mass is 220 g/mol. The first-order valence-electron chi connectivity index (χ1n) is 5.73. The Morgan fingerprint density at radius 2 is 1.88 bits per heavy atom. The van der Waals surface area contributed by atoms with Gasteiger partial charge in [-0.3, -0.25) is 0 Å². The Morgan fingerprint density at radius 1 is 1.19 bits per heavy atom. The highest BCUT2D eigenvalue weighted by atomic mass is 16.4. The normalized spacial score (nSPS) is 16.9. The van der Waals surface area contributed by atoms with Crippen molar-refractivity contribution in [2.24, 2.45) is 0 Å². The lowest BCUT2D eigenvalue weighted by Crippen LogP contribution is -2.25. The van der Waals surface area contributed by atoms with E-state index in [0.717, 1.165) is 18.9 Å². The summed E-state index contributed by atoms with van der Waals surface area (Å²) < 4.78 is 0. The first kappa shape index (κ1) is 10.9. The van der Waals surface area contributed by atoms with Gasteiger partial charge >= 0.3 is 5.97 Å². The zero-order valence-electron chi connectivity index (χ0n) is 9.22. The molecule has 0 saturated carbocycles. The van der Waals surface area contributed by atoms with E-state index in [-0.39, 0.29) is 5.69 Å². The second-order valence-electron chi connectivity index (χ2n) is 4.09. The van der Waals surface area contributed by atoms with E-state index in [0.29, 0.717) is 0 Å². The van der Waals surface area contributed by atoms with Gasteiger partial charge in [0.1, 0.15) is 5.82 Å². The van der Waals surface area contributed by atoms with Crippen molar-refractivity contribution in [2.75, 3.05) is 18.0 Å². The summed E-state index contributed by atoms with van der Waals surface area (Å²) in [7, 11) is 0. The molecule has 0 amide bonds. The molecule has 1 aromatic heterocycles. The molecule has 0 atom stereocenters. The van der Waals surface area contributed by atoms with Gasteiger partial charge in [0.25, 0.3) is 0 Å². The molecule has 1 fully saturated rings. The molecule has 16 heavy (non-hydrogen) atoms. The number of anilines is 1. The van der Waals surface area contributed by atoms with Crippen molar-refractivity contribution in [3.8, 4) is 0 Å². The Hall–Kier alpha value is -1.58. The molecule has 0 aliphatic carbocycles. The number of hydrogen-bond acceptors (Lipinski definition) is 3. The lowest BCUT2D eigenvalue weighted by Gasteiger charge is -2.21. The van der Waals surface area contributed by atoms with E-state index in [2.05, 4.69) is 9.88 Å². The van der Waals surface area contributed by atoms with Crippen LogP contribution in [0.1, 0.15) is 36.2 Å². The van der Waals surface area contributed by atoms with E-state index >= 15 is 0 Å². The van der Waals surface area contributed by atoms with E-state index in [4.69, 9.17) is 5.11 Å². The maximum absolute atomic E-state index is 10.8. The van der Waals surface area contributed by atoms with Crippen LogP contribution >= 0.6 is 0 Å².